The number of ether oxygens (including phenoxy) is 1. The molecule has 0 bridgehead atoms. The highest BCUT2D eigenvalue weighted by atomic mass is 16.5. The molecule has 1 aliphatic carbocycles. The molecule has 0 amide bonds. The summed E-state index contributed by atoms with van der Waals surface area (Å²) in [7, 11) is 0. The first-order valence-corrected chi connectivity index (χ1v) is 7.22. The maximum Gasteiger partial charge on any atom is 0.170 e. The lowest BCUT2D eigenvalue weighted by Gasteiger charge is -2.26. The van der Waals surface area contributed by atoms with Crippen molar-refractivity contribution in [1.82, 2.24) is 0 Å². The Morgan fingerprint density at radius 3 is 2.58 bits per heavy atom. The fourth-order valence-corrected chi connectivity index (χ4v) is 3.03. The van der Waals surface area contributed by atoms with Crippen LogP contribution >= 0.6 is 0 Å². The van der Waals surface area contributed by atoms with Gasteiger partial charge >= 0.3 is 0 Å². The average Bonchev–Trinajstić information content (AvgIpc) is 2.68. The number of carbonyl (C=O) groups is 1. The lowest BCUT2D eigenvalue weighted by Crippen LogP contribution is -2.26. The number of benzene rings is 1. The van der Waals surface area contributed by atoms with E-state index in [1.165, 1.54) is 0 Å². The van der Waals surface area contributed by atoms with Gasteiger partial charge in [0.1, 0.15) is 5.75 Å². The van der Waals surface area contributed by atoms with E-state index in [2.05, 4.69) is 13.8 Å². The summed E-state index contributed by atoms with van der Waals surface area (Å²) in [5.74, 6) is 1.10. The summed E-state index contributed by atoms with van der Waals surface area (Å²) in [4.78, 5) is 12.8. The molecule has 1 unspecified atom stereocenters. The Balaban J connectivity index is 2.29. The van der Waals surface area contributed by atoms with Gasteiger partial charge in [-0.15, -0.1) is 0 Å². The SMILES string of the molecule is CC(C)Oc1ccccc1C(=O)C1CCCC1(C)C. The molecule has 1 atom stereocenters. The smallest absolute Gasteiger partial charge is 0.170 e. The number of para-hydroxylation sites is 1. The molecule has 2 rings (SSSR count). The van der Waals surface area contributed by atoms with Gasteiger partial charge in [-0.05, 0) is 44.2 Å². The first-order valence-electron chi connectivity index (χ1n) is 7.22. The van der Waals surface area contributed by atoms with Gasteiger partial charge in [0.15, 0.2) is 5.78 Å². The Hall–Kier alpha value is -1.31. The summed E-state index contributed by atoms with van der Waals surface area (Å²) >= 11 is 0. The van der Waals surface area contributed by atoms with Crippen molar-refractivity contribution in [2.24, 2.45) is 11.3 Å². The Bertz CT molecular complexity index is 460. The van der Waals surface area contributed by atoms with Crippen LogP contribution in [0.2, 0.25) is 0 Å². The highest BCUT2D eigenvalue weighted by molar-refractivity contribution is 6.00. The lowest BCUT2D eigenvalue weighted by atomic mass is 9.77. The van der Waals surface area contributed by atoms with Crippen LogP contribution in [0.4, 0.5) is 0 Å². The summed E-state index contributed by atoms with van der Waals surface area (Å²) in [6, 6.07) is 7.64. The second-order valence-corrected chi connectivity index (χ2v) is 6.46. The van der Waals surface area contributed by atoms with Crippen molar-refractivity contribution in [3.05, 3.63) is 29.8 Å². The minimum absolute atomic E-state index is 0.0885. The molecule has 1 aromatic rings. The number of rotatable bonds is 4. The van der Waals surface area contributed by atoms with E-state index in [9.17, 15) is 4.79 Å². The molecule has 0 heterocycles. The number of carbonyl (C=O) groups excluding carboxylic acids is 1. The van der Waals surface area contributed by atoms with Gasteiger partial charge in [0.05, 0.1) is 11.7 Å². The molecular weight excluding hydrogens is 236 g/mol. The molecule has 0 aromatic heterocycles. The molecule has 0 N–H and O–H groups in total. The van der Waals surface area contributed by atoms with Crippen LogP contribution in [-0.4, -0.2) is 11.9 Å². The molecule has 104 valence electrons. The predicted molar refractivity (Wildman–Crippen MR) is 77.7 cm³/mol. The molecule has 2 nitrogen and oxygen atoms in total. The Labute approximate surface area is 116 Å². The van der Waals surface area contributed by atoms with Crippen molar-refractivity contribution in [3.63, 3.8) is 0 Å². The summed E-state index contributed by atoms with van der Waals surface area (Å²) < 4.78 is 5.77. The van der Waals surface area contributed by atoms with Crippen LogP contribution < -0.4 is 4.74 Å². The van der Waals surface area contributed by atoms with Crippen LogP contribution in [0, 0.1) is 11.3 Å². The zero-order valence-electron chi connectivity index (χ0n) is 12.4. The molecular formula is C17H24O2. The van der Waals surface area contributed by atoms with E-state index in [-0.39, 0.29) is 23.2 Å². The van der Waals surface area contributed by atoms with Gasteiger partial charge in [0.25, 0.3) is 0 Å². The van der Waals surface area contributed by atoms with Gasteiger partial charge < -0.3 is 4.74 Å². The molecule has 1 aromatic carbocycles. The molecule has 1 fully saturated rings. The first-order chi connectivity index (χ1) is 8.92. The van der Waals surface area contributed by atoms with Crippen molar-refractivity contribution in [3.8, 4) is 5.75 Å². The molecule has 1 aliphatic rings. The number of ketones is 1. The molecule has 2 heteroatoms. The van der Waals surface area contributed by atoms with Crippen LogP contribution in [0.3, 0.4) is 0 Å². The maximum absolute atomic E-state index is 12.8. The summed E-state index contributed by atoms with van der Waals surface area (Å²) in [6.07, 6.45) is 3.38. The van der Waals surface area contributed by atoms with Crippen LogP contribution in [0.1, 0.15) is 57.3 Å². The highest BCUT2D eigenvalue weighted by Gasteiger charge is 2.40. The Morgan fingerprint density at radius 2 is 2.00 bits per heavy atom. The van der Waals surface area contributed by atoms with Crippen molar-refractivity contribution < 1.29 is 9.53 Å². The van der Waals surface area contributed by atoms with E-state index in [1.807, 2.05) is 38.1 Å². The molecule has 0 saturated heterocycles. The van der Waals surface area contributed by atoms with E-state index >= 15 is 0 Å². The molecule has 0 radical (unpaired) electrons. The van der Waals surface area contributed by atoms with Gasteiger partial charge in [-0.3, -0.25) is 4.79 Å². The van der Waals surface area contributed by atoms with Crippen molar-refractivity contribution in [1.29, 1.82) is 0 Å². The van der Waals surface area contributed by atoms with Gasteiger partial charge in [0.2, 0.25) is 0 Å². The third-order valence-electron chi connectivity index (χ3n) is 4.09. The Kier molecular flexibility index (Phi) is 3.98. The summed E-state index contributed by atoms with van der Waals surface area (Å²) in [6.45, 7) is 8.38. The van der Waals surface area contributed by atoms with Crippen molar-refractivity contribution in [2.45, 2.75) is 53.1 Å². The standard InChI is InChI=1S/C17H24O2/c1-12(2)19-15-10-6-5-8-13(15)16(18)14-9-7-11-17(14,3)4/h5-6,8,10,12,14H,7,9,11H2,1-4H3. The fraction of sp³-hybridized carbons (Fsp3) is 0.588. The van der Waals surface area contributed by atoms with Gasteiger partial charge in [0, 0.05) is 5.92 Å². The fourth-order valence-electron chi connectivity index (χ4n) is 3.03. The molecule has 0 spiro atoms. The molecule has 0 aliphatic heterocycles. The van der Waals surface area contributed by atoms with Crippen LogP contribution in [-0.2, 0) is 0 Å². The molecule has 1 saturated carbocycles. The minimum Gasteiger partial charge on any atom is -0.490 e. The van der Waals surface area contributed by atoms with Crippen LogP contribution in [0.25, 0.3) is 0 Å². The summed E-state index contributed by atoms with van der Waals surface area (Å²) in [5.41, 5.74) is 0.860. The summed E-state index contributed by atoms with van der Waals surface area (Å²) in [5, 5.41) is 0. The van der Waals surface area contributed by atoms with E-state index in [0.29, 0.717) is 0 Å². The quantitative estimate of drug-likeness (QED) is 0.746. The normalized spacial score (nSPS) is 21.6. The first kappa shape index (κ1) is 14.1. The third kappa shape index (κ3) is 2.99. The Morgan fingerprint density at radius 1 is 1.32 bits per heavy atom. The van der Waals surface area contributed by atoms with Crippen molar-refractivity contribution in [2.75, 3.05) is 0 Å². The van der Waals surface area contributed by atoms with Gasteiger partial charge in [-0.1, -0.05) is 32.4 Å². The number of hydrogen-bond donors (Lipinski definition) is 0. The largest absolute Gasteiger partial charge is 0.490 e. The zero-order chi connectivity index (χ0) is 14.0. The second-order valence-electron chi connectivity index (χ2n) is 6.46. The number of Topliss-reactive ketones (excluding diaryl/α,β-unsaturated/α-hetero) is 1. The number of hydrogen-bond acceptors (Lipinski definition) is 2. The van der Waals surface area contributed by atoms with E-state index in [4.69, 9.17) is 4.74 Å². The van der Waals surface area contributed by atoms with E-state index < -0.39 is 0 Å². The highest BCUT2D eigenvalue weighted by Crippen LogP contribution is 2.44. The topological polar surface area (TPSA) is 26.3 Å². The van der Waals surface area contributed by atoms with Crippen LogP contribution in [0.5, 0.6) is 5.75 Å². The lowest BCUT2D eigenvalue weighted by molar-refractivity contribution is 0.0833. The zero-order valence-corrected chi connectivity index (χ0v) is 12.4. The average molecular weight is 260 g/mol. The predicted octanol–water partition coefficient (Wildman–Crippen LogP) is 4.48. The second kappa shape index (κ2) is 5.36. The third-order valence-corrected chi connectivity index (χ3v) is 4.09. The van der Waals surface area contributed by atoms with Crippen LogP contribution in [0.15, 0.2) is 24.3 Å². The van der Waals surface area contributed by atoms with Crippen molar-refractivity contribution >= 4 is 5.78 Å². The van der Waals surface area contributed by atoms with E-state index in [1.54, 1.807) is 0 Å². The molecule has 19 heavy (non-hydrogen) atoms. The van der Waals surface area contributed by atoms with Gasteiger partial charge in [-0.25, -0.2) is 0 Å². The van der Waals surface area contributed by atoms with E-state index in [0.717, 1.165) is 30.6 Å². The monoisotopic (exact) mass is 260 g/mol. The maximum atomic E-state index is 12.8. The minimum atomic E-state index is 0.0885. The van der Waals surface area contributed by atoms with Gasteiger partial charge in [-0.2, -0.15) is 0 Å².